The lowest BCUT2D eigenvalue weighted by Crippen LogP contribution is -2.46. The molecule has 0 aliphatic heterocycles. The molecule has 0 heterocycles. The predicted octanol–water partition coefficient (Wildman–Crippen LogP) is 2.71. The zero-order chi connectivity index (χ0) is 15.8. The van der Waals surface area contributed by atoms with E-state index in [0.717, 1.165) is 12.2 Å². The molecule has 1 unspecified atom stereocenters. The number of carboxylic acid groups (broad SMARTS) is 1. The summed E-state index contributed by atoms with van der Waals surface area (Å²) in [7, 11) is 0. The second-order valence-corrected chi connectivity index (χ2v) is 5.03. The van der Waals surface area contributed by atoms with Crippen LogP contribution in [0.3, 0.4) is 0 Å². The number of carbonyl (C=O) groups is 2. The van der Waals surface area contributed by atoms with Gasteiger partial charge in [-0.1, -0.05) is 20.8 Å². The van der Waals surface area contributed by atoms with Crippen LogP contribution in [0.25, 0.3) is 0 Å². The summed E-state index contributed by atoms with van der Waals surface area (Å²) in [4.78, 5) is 22.8. The van der Waals surface area contributed by atoms with Crippen LogP contribution in [0, 0.1) is 5.92 Å². The first-order valence-corrected chi connectivity index (χ1v) is 6.97. The van der Waals surface area contributed by atoms with Crippen molar-refractivity contribution in [3.63, 3.8) is 0 Å². The number of rotatable bonds is 7. The van der Waals surface area contributed by atoms with E-state index in [0.29, 0.717) is 12.3 Å². The molecule has 0 aliphatic carbocycles. The third kappa shape index (κ3) is 5.72. The molecule has 3 N–H and O–H groups in total. The Kier molecular flexibility index (Phi) is 6.52. The highest BCUT2D eigenvalue weighted by atomic mass is 16.5. The number of ether oxygens (including phenoxy) is 1. The predicted molar refractivity (Wildman–Crippen MR) is 80.6 cm³/mol. The maximum atomic E-state index is 11.8. The van der Waals surface area contributed by atoms with Gasteiger partial charge in [-0.3, -0.25) is 0 Å². The molecule has 0 bridgehead atoms. The van der Waals surface area contributed by atoms with E-state index in [2.05, 4.69) is 10.6 Å². The van der Waals surface area contributed by atoms with Crippen molar-refractivity contribution < 1.29 is 19.4 Å². The number of hydrogen-bond donors (Lipinski definition) is 3. The van der Waals surface area contributed by atoms with Crippen LogP contribution < -0.4 is 15.4 Å². The number of nitrogens with one attached hydrogen (secondary N) is 2. The zero-order valence-corrected chi connectivity index (χ0v) is 12.6. The zero-order valence-electron chi connectivity index (χ0n) is 12.6. The van der Waals surface area contributed by atoms with Crippen molar-refractivity contribution >= 4 is 17.7 Å². The van der Waals surface area contributed by atoms with Gasteiger partial charge in [-0.15, -0.1) is 0 Å². The lowest BCUT2D eigenvalue weighted by Gasteiger charge is -2.18. The van der Waals surface area contributed by atoms with Crippen LogP contribution in [0.15, 0.2) is 24.3 Å². The minimum absolute atomic E-state index is 0.196. The SMILES string of the molecule is CCCOc1ccc(NC(=O)NC(C(=O)O)C(C)C)cc1. The molecule has 0 aliphatic rings. The van der Waals surface area contributed by atoms with Crippen molar-refractivity contribution in [2.24, 2.45) is 5.92 Å². The Bertz CT molecular complexity index is 471. The third-order valence-corrected chi connectivity index (χ3v) is 2.80. The van der Waals surface area contributed by atoms with E-state index >= 15 is 0 Å². The number of urea groups is 1. The van der Waals surface area contributed by atoms with Crippen LogP contribution in [0.4, 0.5) is 10.5 Å². The fraction of sp³-hybridized carbons (Fsp3) is 0.467. The number of carbonyl (C=O) groups excluding carboxylic acids is 1. The van der Waals surface area contributed by atoms with E-state index in [1.54, 1.807) is 38.1 Å². The van der Waals surface area contributed by atoms with E-state index in [1.165, 1.54) is 0 Å². The Balaban J connectivity index is 2.56. The van der Waals surface area contributed by atoms with Crippen molar-refractivity contribution in [3.8, 4) is 5.75 Å². The molecule has 1 atom stereocenters. The summed E-state index contributed by atoms with van der Waals surface area (Å²) >= 11 is 0. The maximum Gasteiger partial charge on any atom is 0.326 e. The molecule has 0 saturated carbocycles. The molecule has 21 heavy (non-hydrogen) atoms. The maximum absolute atomic E-state index is 11.8. The van der Waals surface area contributed by atoms with Gasteiger partial charge in [0.1, 0.15) is 11.8 Å². The van der Waals surface area contributed by atoms with Crippen molar-refractivity contribution in [1.29, 1.82) is 0 Å². The van der Waals surface area contributed by atoms with E-state index in [-0.39, 0.29) is 5.92 Å². The molecule has 0 spiro atoms. The van der Waals surface area contributed by atoms with Crippen LogP contribution in [-0.2, 0) is 4.79 Å². The third-order valence-electron chi connectivity index (χ3n) is 2.80. The summed E-state index contributed by atoms with van der Waals surface area (Å²) in [6.45, 7) is 6.13. The Morgan fingerprint density at radius 3 is 2.33 bits per heavy atom. The minimum atomic E-state index is -1.05. The molecular weight excluding hydrogens is 272 g/mol. The molecule has 1 rings (SSSR count). The van der Waals surface area contributed by atoms with Crippen LogP contribution in [-0.4, -0.2) is 29.8 Å². The number of amides is 2. The van der Waals surface area contributed by atoms with Crippen molar-refractivity contribution in [1.82, 2.24) is 5.32 Å². The second kappa shape index (κ2) is 8.14. The lowest BCUT2D eigenvalue weighted by atomic mass is 10.1. The topological polar surface area (TPSA) is 87.7 Å². The smallest absolute Gasteiger partial charge is 0.326 e. The summed E-state index contributed by atoms with van der Waals surface area (Å²) in [5, 5.41) is 14.0. The van der Waals surface area contributed by atoms with Crippen LogP contribution >= 0.6 is 0 Å². The van der Waals surface area contributed by atoms with Gasteiger partial charge >= 0.3 is 12.0 Å². The minimum Gasteiger partial charge on any atom is -0.494 e. The van der Waals surface area contributed by atoms with Gasteiger partial charge in [0.05, 0.1) is 6.61 Å². The summed E-state index contributed by atoms with van der Waals surface area (Å²) in [5.74, 6) is -0.519. The van der Waals surface area contributed by atoms with E-state index in [9.17, 15) is 9.59 Å². The summed E-state index contributed by atoms with van der Waals surface area (Å²) in [6, 6.07) is 5.45. The molecule has 1 aromatic carbocycles. The Morgan fingerprint density at radius 2 is 1.86 bits per heavy atom. The molecule has 0 fully saturated rings. The Hall–Kier alpha value is -2.24. The Labute approximate surface area is 124 Å². The first kappa shape index (κ1) is 16.8. The average Bonchev–Trinajstić information content (AvgIpc) is 2.43. The van der Waals surface area contributed by atoms with Gasteiger partial charge in [-0.25, -0.2) is 9.59 Å². The van der Waals surface area contributed by atoms with Crippen LogP contribution in [0.5, 0.6) is 5.75 Å². The molecule has 1 aromatic rings. The van der Waals surface area contributed by atoms with Gasteiger partial charge in [0.2, 0.25) is 0 Å². The second-order valence-electron chi connectivity index (χ2n) is 5.03. The lowest BCUT2D eigenvalue weighted by molar-refractivity contribution is -0.140. The quantitative estimate of drug-likeness (QED) is 0.721. The first-order valence-electron chi connectivity index (χ1n) is 6.97. The number of anilines is 1. The van der Waals surface area contributed by atoms with Gasteiger partial charge in [0.25, 0.3) is 0 Å². The highest BCUT2D eigenvalue weighted by Gasteiger charge is 2.23. The normalized spacial score (nSPS) is 11.8. The number of carboxylic acids is 1. The highest BCUT2D eigenvalue weighted by molar-refractivity contribution is 5.92. The van der Waals surface area contributed by atoms with Gasteiger partial charge in [0, 0.05) is 5.69 Å². The van der Waals surface area contributed by atoms with Gasteiger partial charge < -0.3 is 20.5 Å². The van der Waals surface area contributed by atoms with Crippen LogP contribution in [0.2, 0.25) is 0 Å². The monoisotopic (exact) mass is 294 g/mol. The number of benzene rings is 1. The van der Waals surface area contributed by atoms with Crippen molar-refractivity contribution in [2.75, 3.05) is 11.9 Å². The molecular formula is C15H22N2O4. The molecule has 6 nitrogen and oxygen atoms in total. The van der Waals surface area contributed by atoms with E-state index in [4.69, 9.17) is 9.84 Å². The van der Waals surface area contributed by atoms with Gasteiger partial charge in [0.15, 0.2) is 0 Å². The van der Waals surface area contributed by atoms with Crippen molar-refractivity contribution in [2.45, 2.75) is 33.2 Å². The van der Waals surface area contributed by atoms with E-state index in [1.807, 2.05) is 6.92 Å². The standard InChI is InChI=1S/C15H22N2O4/c1-4-9-21-12-7-5-11(6-8-12)16-15(20)17-13(10(2)3)14(18)19/h5-8,10,13H,4,9H2,1-3H3,(H,18,19)(H2,16,17,20). The molecule has 116 valence electrons. The molecule has 0 saturated heterocycles. The Morgan fingerprint density at radius 1 is 1.24 bits per heavy atom. The largest absolute Gasteiger partial charge is 0.494 e. The summed E-state index contributed by atoms with van der Waals surface area (Å²) in [5.41, 5.74) is 0.573. The number of hydrogen-bond acceptors (Lipinski definition) is 3. The molecule has 6 heteroatoms. The van der Waals surface area contributed by atoms with Gasteiger partial charge in [-0.2, -0.15) is 0 Å². The molecule has 0 aromatic heterocycles. The average molecular weight is 294 g/mol. The highest BCUT2D eigenvalue weighted by Crippen LogP contribution is 2.16. The first-order chi connectivity index (χ1) is 9.93. The molecule has 0 radical (unpaired) electrons. The molecule has 2 amide bonds. The fourth-order valence-electron chi connectivity index (χ4n) is 1.68. The van der Waals surface area contributed by atoms with E-state index < -0.39 is 18.0 Å². The fourth-order valence-corrected chi connectivity index (χ4v) is 1.68. The summed E-state index contributed by atoms with van der Waals surface area (Å²) in [6.07, 6.45) is 0.925. The van der Waals surface area contributed by atoms with Crippen molar-refractivity contribution in [3.05, 3.63) is 24.3 Å². The van der Waals surface area contributed by atoms with Crippen LogP contribution in [0.1, 0.15) is 27.2 Å². The summed E-state index contributed by atoms with van der Waals surface area (Å²) < 4.78 is 5.44. The number of aliphatic carboxylic acids is 1. The van der Waals surface area contributed by atoms with Gasteiger partial charge in [-0.05, 0) is 36.6 Å².